The number of nitrogens with zero attached hydrogens (tertiary/aromatic N) is 3. The molecule has 200 valence electrons. The summed E-state index contributed by atoms with van der Waals surface area (Å²) in [5.41, 5.74) is 6.41. The summed E-state index contributed by atoms with van der Waals surface area (Å²) in [4.78, 5) is 47.9. The van der Waals surface area contributed by atoms with Gasteiger partial charge in [0.15, 0.2) is 0 Å². The van der Waals surface area contributed by atoms with Crippen LogP contribution in [0.2, 0.25) is 0 Å². The zero-order chi connectivity index (χ0) is 27.2. The van der Waals surface area contributed by atoms with Crippen LogP contribution in [0.15, 0.2) is 24.3 Å². The quantitative estimate of drug-likeness (QED) is 0.357. The van der Waals surface area contributed by atoms with Crippen molar-refractivity contribution >= 4 is 24.6 Å². The minimum Gasteiger partial charge on any atom is -0.480 e. The second kappa shape index (κ2) is 21.7. The third-order valence-corrected chi connectivity index (χ3v) is 5.04. The van der Waals surface area contributed by atoms with Gasteiger partial charge in [0, 0.05) is 45.9 Å². The summed E-state index contributed by atoms with van der Waals surface area (Å²) in [6.45, 7) is 8.67. The van der Waals surface area contributed by atoms with Crippen molar-refractivity contribution in [1.29, 1.82) is 0 Å². The van der Waals surface area contributed by atoms with E-state index in [4.69, 9.17) is 9.90 Å². The van der Waals surface area contributed by atoms with E-state index in [2.05, 4.69) is 5.73 Å². The number of aliphatic hydroxyl groups is 1. The van der Waals surface area contributed by atoms with E-state index in [1.54, 1.807) is 0 Å². The second-order valence-electron chi connectivity index (χ2n) is 7.44. The number of aryl methyl sites for hydroxylation is 1. The van der Waals surface area contributed by atoms with Gasteiger partial charge in [0.05, 0.1) is 19.6 Å². The summed E-state index contributed by atoms with van der Waals surface area (Å²) in [7, 11) is 1.00. The molecule has 1 aliphatic rings. The van der Waals surface area contributed by atoms with Crippen LogP contribution >= 0.6 is 0 Å². The summed E-state index contributed by atoms with van der Waals surface area (Å²) in [6, 6.07) is 7.97. The van der Waals surface area contributed by atoms with Crippen LogP contribution in [0, 0.1) is 6.92 Å². The van der Waals surface area contributed by atoms with Crippen LogP contribution < -0.4 is 5.73 Å². The number of amides is 1. The van der Waals surface area contributed by atoms with Crippen molar-refractivity contribution in [3.05, 3.63) is 35.4 Å². The molecule has 1 aliphatic heterocycles. The van der Waals surface area contributed by atoms with Crippen LogP contribution in [0.3, 0.4) is 0 Å². The number of benzene rings is 1. The van der Waals surface area contributed by atoms with E-state index in [0.717, 1.165) is 24.5 Å². The summed E-state index contributed by atoms with van der Waals surface area (Å²) in [5.74, 6) is -1.83. The van der Waals surface area contributed by atoms with Crippen molar-refractivity contribution in [2.24, 2.45) is 5.73 Å². The first-order valence-corrected chi connectivity index (χ1v) is 11.5. The van der Waals surface area contributed by atoms with E-state index in [0.29, 0.717) is 39.1 Å². The number of carboxylic acids is 2. The first kappa shape index (κ1) is 34.3. The summed E-state index contributed by atoms with van der Waals surface area (Å²) in [6.07, 6.45) is 1.71. The smallest absolute Gasteiger partial charge is 0.317 e. The Bertz CT molecular complexity index is 716. The maximum Gasteiger partial charge on any atom is 0.317 e. The van der Waals surface area contributed by atoms with E-state index < -0.39 is 11.9 Å². The van der Waals surface area contributed by atoms with Gasteiger partial charge in [0.25, 0.3) is 0 Å². The van der Waals surface area contributed by atoms with Gasteiger partial charge < -0.3 is 25.8 Å². The number of primary amides is 1. The molecule has 0 spiro atoms. The van der Waals surface area contributed by atoms with Crippen molar-refractivity contribution in [3.8, 4) is 0 Å². The Kier molecular flexibility index (Phi) is 21.2. The van der Waals surface area contributed by atoms with E-state index >= 15 is 0 Å². The van der Waals surface area contributed by atoms with Crippen LogP contribution in [-0.2, 0) is 25.6 Å². The Morgan fingerprint density at radius 1 is 0.943 bits per heavy atom. The number of carbonyl (C=O) groups excluding carboxylic acids is 2. The van der Waals surface area contributed by atoms with Gasteiger partial charge in [-0.1, -0.05) is 43.7 Å². The Hall–Kier alpha value is -2.86. The number of nitrogens with two attached hydrogens (primary N) is 1. The van der Waals surface area contributed by atoms with E-state index in [9.17, 15) is 24.6 Å². The lowest BCUT2D eigenvalue weighted by atomic mass is 10.0. The standard InChI is InChI=1S/C20H29N3O5.C2H6.CH3NO.CH4O/c1-16-2-4-17(5-3-16)12-18-13-22(14-19(25)26)7-6-21(10-11-24)8-9-23(18)15-20(27)28;1-2;2-1-3;1-2/h2-5,11,18H,6-10,12-15H2,1H3,(H,25,26)(H,27,28);1-2H3;1H,(H2,2,3);2H,1H3. The number of rotatable bonds is 8. The van der Waals surface area contributed by atoms with Gasteiger partial charge in [-0.3, -0.25) is 29.1 Å². The largest absolute Gasteiger partial charge is 0.480 e. The lowest BCUT2D eigenvalue weighted by Crippen LogP contribution is -2.48. The Labute approximate surface area is 208 Å². The first-order chi connectivity index (χ1) is 16.8. The van der Waals surface area contributed by atoms with Crippen molar-refractivity contribution in [3.63, 3.8) is 0 Å². The molecule has 0 aliphatic carbocycles. The minimum atomic E-state index is -0.917. The molecule has 5 N–H and O–H groups in total. The van der Waals surface area contributed by atoms with Crippen molar-refractivity contribution in [1.82, 2.24) is 14.7 Å². The van der Waals surface area contributed by atoms with Gasteiger partial charge in [0.2, 0.25) is 6.41 Å². The lowest BCUT2D eigenvalue weighted by Gasteiger charge is -2.33. The lowest BCUT2D eigenvalue weighted by molar-refractivity contribution is -0.140. The molecule has 0 aromatic heterocycles. The fraction of sp³-hybridized carbons (Fsp3) is 0.583. The number of hydrogen-bond donors (Lipinski definition) is 4. The topological polar surface area (TPSA) is 165 Å². The SMILES string of the molecule is CC.CO.Cc1ccc(CC2CN(CC(=O)O)CCN(CC=O)CCN2CC(=O)O)cc1.NC=O. The fourth-order valence-electron chi connectivity index (χ4n) is 3.55. The molecule has 35 heavy (non-hydrogen) atoms. The highest BCUT2D eigenvalue weighted by molar-refractivity contribution is 5.69. The molecular weight excluding hydrogens is 456 g/mol. The van der Waals surface area contributed by atoms with E-state index in [-0.39, 0.29) is 32.1 Å². The third-order valence-electron chi connectivity index (χ3n) is 5.04. The van der Waals surface area contributed by atoms with Gasteiger partial charge in [-0.2, -0.15) is 0 Å². The highest BCUT2D eigenvalue weighted by atomic mass is 16.4. The van der Waals surface area contributed by atoms with Crippen LogP contribution in [0.1, 0.15) is 25.0 Å². The zero-order valence-electron chi connectivity index (χ0n) is 21.3. The Morgan fingerprint density at radius 3 is 1.91 bits per heavy atom. The minimum absolute atomic E-state index is 0.111. The molecule has 1 aromatic rings. The summed E-state index contributed by atoms with van der Waals surface area (Å²) >= 11 is 0. The first-order valence-electron chi connectivity index (χ1n) is 11.5. The predicted molar refractivity (Wildman–Crippen MR) is 134 cm³/mol. The average molecular weight is 499 g/mol. The number of aliphatic carboxylic acids is 2. The predicted octanol–water partition coefficient (Wildman–Crippen LogP) is -0.0700. The van der Waals surface area contributed by atoms with E-state index in [1.165, 1.54) is 0 Å². The number of carboxylic acid groups (broad SMARTS) is 2. The molecule has 0 saturated carbocycles. The molecule has 1 atom stereocenters. The third kappa shape index (κ3) is 16.4. The molecule has 1 saturated heterocycles. The normalized spacial score (nSPS) is 16.8. The molecular formula is C24H42N4O7. The molecule has 1 unspecified atom stereocenters. The highest BCUT2D eigenvalue weighted by Crippen LogP contribution is 2.14. The number of aldehydes is 1. The van der Waals surface area contributed by atoms with Gasteiger partial charge >= 0.3 is 11.9 Å². The maximum atomic E-state index is 11.4. The highest BCUT2D eigenvalue weighted by Gasteiger charge is 2.27. The summed E-state index contributed by atoms with van der Waals surface area (Å²) in [5, 5.41) is 25.6. The fourth-order valence-corrected chi connectivity index (χ4v) is 3.55. The van der Waals surface area contributed by atoms with Crippen molar-refractivity contribution in [2.45, 2.75) is 33.2 Å². The molecule has 0 bridgehead atoms. The second-order valence-corrected chi connectivity index (χ2v) is 7.44. The van der Waals surface area contributed by atoms with Gasteiger partial charge in [-0.15, -0.1) is 0 Å². The van der Waals surface area contributed by atoms with Crippen LogP contribution in [0.25, 0.3) is 0 Å². The van der Waals surface area contributed by atoms with Crippen LogP contribution in [-0.4, -0.2) is 120 Å². The number of aliphatic hydroxyl groups excluding tert-OH is 1. The van der Waals surface area contributed by atoms with Crippen LogP contribution in [0.5, 0.6) is 0 Å². The van der Waals surface area contributed by atoms with Crippen molar-refractivity contribution < 1.29 is 34.5 Å². The van der Waals surface area contributed by atoms with Crippen LogP contribution in [0.4, 0.5) is 0 Å². The molecule has 1 fully saturated rings. The van der Waals surface area contributed by atoms with Gasteiger partial charge in [-0.25, -0.2) is 0 Å². The van der Waals surface area contributed by atoms with Gasteiger partial charge in [-0.05, 0) is 18.9 Å². The maximum absolute atomic E-state index is 11.4. The zero-order valence-corrected chi connectivity index (χ0v) is 21.3. The summed E-state index contributed by atoms with van der Waals surface area (Å²) < 4.78 is 0. The molecule has 2 rings (SSSR count). The number of carbonyl (C=O) groups is 4. The molecule has 11 heteroatoms. The molecule has 0 radical (unpaired) electrons. The monoisotopic (exact) mass is 498 g/mol. The molecule has 11 nitrogen and oxygen atoms in total. The number of hydrogen-bond acceptors (Lipinski definition) is 8. The Balaban J connectivity index is 0. The van der Waals surface area contributed by atoms with E-state index in [1.807, 2.05) is 59.7 Å². The molecule has 1 heterocycles. The Morgan fingerprint density at radius 2 is 1.43 bits per heavy atom. The van der Waals surface area contributed by atoms with Gasteiger partial charge in [0.1, 0.15) is 6.29 Å². The van der Waals surface area contributed by atoms with Crippen molar-refractivity contribution in [2.75, 3.05) is 59.5 Å². The average Bonchev–Trinajstić information content (AvgIpc) is 2.89. The molecule has 1 amide bonds. The molecule has 1 aromatic carbocycles.